The first kappa shape index (κ1) is 16.8. The summed E-state index contributed by atoms with van der Waals surface area (Å²) in [5, 5.41) is 11.8. The number of nitrogens with zero attached hydrogens (tertiary/aromatic N) is 2. The fourth-order valence-electron chi connectivity index (χ4n) is 1.75. The van der Waals surface area contributed by atoms with Gasteiger partial charge in [0.2, 0.25) is 0 Å². The molecular weight excluding hydrogens is 318 g/mol. The number of carboxylic acid groups (broad SMARTS) is 1. The van der Waals surface area contributed by atoms with E-state index in [0.717, 1.165) is 5.56 Å². The number of aliphatic carboxylic acids is 1. The highest BCUT2D eigenvalue weighted by atomic mass is 32.2. The molecule has 0 unspecified atom stereocenters. The zero-order chi connectivity index (χ0) is 16.7. The molecule has 23 heavy (non-hydrogen) atoms. The number of carbonyl (C=O) groups excluding carboxylic acids is 1. The lowest BCUT2D eigenvalue weighted by atomic mass is 10.2. The van der Waals surface area contributed by atoms with Gasteiger partial charge < -0.3 is 9.84 Å². The third-order valence-corrected chi connectivity index (χ3v) is 3.36. The van der Waals surface area contributed by atoms with Gasteiger partial charge >= 0.3 is 12.1 Å². The SMILES string of the molecule is CSc1ncc(CC(=O)O)c(NC(=O)OCc2ccccc2)n1. The molecular formula is C15H15N3O4S. The number of anilines is 1. The number of carboxylic acids is 1. The molecule has 1 amide bonds. The lowest BCUT2D eigenvalue weighted by Gasteiger charge is -2.10. The summed E-state index contributed by atoms with van der Waals surface area (Å²) in [4.78, 5) is 30.9. The number of thioether (sulfide) groups is 1. The Morgan fingerprint density at radius 2 is 2.04 bits per heavy atom. The van der Waals surface area contributed by atoms with Gasteiger partial charge in [0.1, 0.15) is 12.4 Å². The molecule has 0 aliphatic heterocycles. The number of hydrogen-bond acceptors (Lipinski definition) is 6. The van der Waals surface area contributed by atoms with E-state index in [1.807, 2.05) is 30.3 Å². The second-order valence-electron chi connectivity index (χ2n) is 4.49. The normalized spacial score (nSPS) is 10.1. The van der Waals surface area contributed by atoms with Crippen LogP contribution < -0.4 is 5.32 Å². The van der Waals surface area contributed by atoms with Crippen LogP contribution in [0.5, 0.6) is 0 Å². The predicted molar refractivity (Wildman–Crippen MR) is 85.4 cm³/mol. The van der Waals surface area contributed by atoms with E-state index in [9.17, 15) is 9.59 Å². The maximum Gasteiger partial charge on any atom is 0.413 e. The van der Waals surface area contributed by atoms with Gasteiger partial charge in [0.25, 0.3) is 0 Å². The van der Waals surface area contributed by atoms with Crippen molar-refractivity contribution in [1.82, 2.24) is 9.97 Å². The number of benzene rings is 1. The van der Waals surface area contributed by atoms with Gasteiger partial charge in [-0.2, -0.15) is 0 Å². The van der Waals surface area contributed by atoms with Crippen LogP contribution in [0.4, 0.5) is 10.6 Å². The van der Waals surface area contributed by atoms with Gasteiger partial charge in [-0.15, -0.1) is 0 Å². The zero-order valence-electron chi connectivity index (χ0n) is 12.4. The molecule has 2 N–H and O–H groups in total. The number of aromatic nitrogens is 2. The number of hydrogen-bond donors (Lipinski definition) is 2. The summed E-state index contributed by atoms with van der Waals surface area (Å²) >= 11 is 1.29. The molecule has 0 aliphatic carbocycles. The summed E-state index contributed by atoms with van der Waals surface area (Å²) in [7, 11) is 0. The van der Waals surface area contributed by atoms with E-state index >= 15 is 0 Å². The highest BCUT2D eigenvalue weighted by molar-refractivity contribution is 7.98. The third-order valence-electron chi connectivity index (χ3n) is 2.80. The number of ether oxygens (including phenoxy) is 1. The molecule has 2 aromatic rings. The fraction of sp³-hybridized carbons (Fsp3) is 0.200. The maximum absolute atomic E-state index is 11.9. The lowest BCUT2D eigenvalue weighted by molar-refractivity contribution is -0.136. The largest absolute Gasteiger partial charge is 0.481 e. The Morgan fingerprint density at radius 1 is 1.30 bits per heavy atom. The quantitative estimate of drug-likeness (QED) is 0.619. The van der Waals surface area contributed by atoms with Crippen molar-refractivity contribution in [3.8, 4) is 0 Å². The molecule has 0 bridgehead atoms. The van der Waals surface area contributed by atoms with Gasteiger partial charge in [0.15, 0.2) is 5.16 Å². The van der Waals surface area contributed by atoms with Gasteiger partial charge in [-0.05, 0) is 11.8 Å². The Labute approximate surface area is 137 Å². The first-order valence-electron chi connectivity index (χ1n) is 6.68. The molecule has 120 valence electrons. The third kappa shape index (κ3) is 5.26. The van der Waals surface area contributed by atoms with Gasteiger partial charge in [0.05, 0.1) is 6.42 Å². The van der Waals surface area contributed by atoms with Crippen molar-refractivity contribution in [2.24, 2.45) is 0 Å². The molecule has 0 fully saturated rings. The summed E-state index contributed by atoms with van der Waals surface area (Å²) in [5.74, 6) is -0.893. The Kier molecular flexibility index (Phi) is 5.93. The minimum absolute atomic E-state index is 0.113. The molecule has 0 radical (unpaired) electrons. The van der Waals surface area contributed by atoms with Crippen LogP contribution in [-0.4, -0.2) is 33.4 Å². The van der Waals surface area contributed by atoms with Crippen molar-refractivity contribution in [1.29, 1.82) is 0 Å². The van der Waals surface area contributed by atoms with Gasteiger partial charge in [-0.25, -0.2) is 14.8 Å². The Balaban J connectivity index is 2.04. The highest BCUT2D eigenvalue weighted by Crippen LogP contribution is 2.17. The van der Waals surface area contributed by atoms with Gasteiger partial charge in [-0.1, -0.05) is 42.1 Å². The van der Waals surface area contributed by atoms with E-state index in [4.69, 9.17) is 9.84 Å². The van der Waals surface area contributed by atoms with Crippen LogP contribution in [0.1, 0.15) is 11.1 Å². The molecule has 0 saturated carbocycles. The number of nitrogens with one attached hydrogen (secondary N) is 1. The van der Waals surface area contributed by atoms with Crippen molar-refractivity contribution in [2.45, 2.75) is 18.2 Å². The lowest BCUT2D eigenvalue weighted by Crippen LogP contribution is -2.17. The van der Waals surface area contributed by atoms with Crippen molar-refractivity contribution in [3.05, 3.63) is 47.7 Å². The second kappa shape index (κ2) is 8.14. The topological polar surface area (TPSA) is 101 Å². The average Bonchev–Trinajstić information content (AvgIpc) is 2.55. The standard InChI is InChI=1S/C15H15N3O4S/c1-23-14-16-8-11(7-12(19)20)13(17-14)18-15(21)22-9-10-5-3-2-4-6-10/h2-6,8H,7,9H2,1H3,(H,19,20)(H,16,17,18,21). The summed E-state index contributed by atoms with van der Waals surface area (Å²) in [6.07, 6.45) is 2.18. The van der Waals surface area contributed by atoms with Crippen molar-refractivity contribution in [2.75, 3.05) is 11.6 Å². The van der Waals surface area contributed by atoms with Gasteiger partial charge in [0, 0.05) is 11.8 Å². The van der Waals surface area contributed by atoms with Crippen LogP contribution in [0.25, 0.3) is 0 Å². The molecule has 1 aromatic carbocycles. The first-order chi connectivity index (χ1) is 11.1. The Morgan fingerprint density at radius 3 is 2.70 bits per heavy atom. The van der Waals surface area contributed by atoms with Crippen molar-refractivity contribution < 1.29 is 19.4 Å². The molecule has 0 aliphatic rings. The number of amides is 1. The second-order valence-corrected chi connectivity index (χ2v) is 5.26. The minimum atomic E-state index is -1.04. The molecule has 2 rings (SSSR count). The summed E-state index contributed by atoms with van der Waals surface area (Å²) in [5.41, 5.74) is 1.16. The fourth-order valence-corrected chi connectivity index (χ4v) is 2.09. The van der Waals surface area contributed by atoms with Crippen LogP contribution in [-0.2, 0) is 22.6 Å². The van der Waals surface area contributed by atoms with Crippen molar-refractivity contribution >= 4 is 29.6 Å². The smallest absolute Gasteiger partial charge is 0.413 e. The Bertz CT molecular complexity index is 694. The molecule has 1 heterocycles. The molecule has 0 spiro atoms. The van der Waals surface area contributed by atoms with Crippen LogP contribution in [0, 0.1) is 0 Å². The van der Waals surface area contributed by atoms with Crippen LogP contribution >= 0.6 is 11.8 Å². The van der Waals surface area contributed by atoms with Crippen LogP contribution in [0.15, 0.2) is 41.7 Å². The van der Waals surface area contributed by atoms with E-state index < -0.39 is 12.1 Å². The van der Waals surface area contributed by atoms with Crippen LogP contribution in [0.3, 0.4) is 0 Å². The van der Waals surface area contributed by atoms with E-state index in [0.29, 0.717) is 10.7 Å². The first-order valence-corrected chi connectivity index (χ1v) is 7.90. The molecule has 0 atom stereocenters. The monoisotopic (exact) mass is 333 g/mol. The average molecular weight is 333 g/mol. The summed E-state index contributed by atoms with van der Waals surface area (Å²) in [6, 6.07) is 9.22. The molecule has 8 heteroatoms. The summed E-state index contributed by atoms with van der Waals surface area (Å²) in [6.45, 7) is 0.113. The van der Waals surface area contributed by atoms with E-state index in [-0.39, 0.29) is 18.8 Å². The molecule has 7 nitrogen and oxygen atoms in total. The zero-order valence-corrected chi connectivity index (χ0v) is 13.2. The number of carbonyl (C=O) groups is 2. The maximum atomic E-state index is 11.9. The predicted octanol–water partition coefficient (Wildman–Crippen LogP) is 2.57. The summed E-state index contributed by atoms with van der Waals surface area (Å²) < 4.78 is 5.10. The highest BCUT2D eigenvalue weighted by Gasteiger charge is 2.14. The van der Waals surface area contributed by atoms with Crippen LogP contribution in [0.2, 0.25) is 0 Å². The number of rotatable bonds is 6. The van der Waals surface area contributed by atoms with E-state index in [1.54, 1.807) is 6.26 Å². The molecule has 0 saturated heterocycles. The van der Waals surface area contributed by atoms with E-state index in [2.05, 4.69) is 15.3 Å². The van der Waals surface area contributed by atoms with Crippen molar-refractivity contribution in [3.63, 3.8) is 0 Å². The molecule has 1 aromatic heterocycles. The minimum Gasteiger partial charge on any atom is -0.481 e. The van der Waals surface area contributed by atoms with E-state index in [1.165, 1.54) is 18.0 Å². The Hall–Kier alpha value is -2.61. The van der Waals surface area contributed by atoms with Gasteiger partial charge in [-0.3, -0.25) is 10.1 Å².